The highest BCUT2D eigenvalue weighted by Crippen LogP contribution is 2.38. The third-order valence-electron chi connectivity index (χ3n) is 3.70. The lowest BCUT2D eigenvalue weighted by Crippen LogP contribution is -2.35. The number of methoxy groups -OCH3 is 3. The molecule has 122 valence electrons. The number of amides is 1. The third-order valence-corrected chi connectivity index (χ3v) is 3.70. The maximum absolute atomic E-state index is 12.0. The highest BCUT2D eigenvalue weighted by atomic mass is 16.6. The van der Waals surface area contributed by atoms with Gasteiger partial charge in [0.2, 0.25) is 5.75 Å². The average molecular weight is 309 g/mol. The molecule has 22 heavy (non-hydrogen) atoms. The number of benzene rings is 1. The lowest BCUT2D eigenvalue weighted by molar-refractivity contribution is 0.0893. The van der Waals surface area contributed by atoms with Crippen molar-refractivity contribution in [2.45, 2.75) is 25.9 Å². The summed E-state index contributed by atoms with van der Waals surface area (Å²) in [5.74, 6) is 1.62. The first-order valence-electron chi connectivity index (χ1n) is 7.40. The molecule has 0 aliphatic carbocycles. The van der Waals surface area contributed by atoms with Gasteiger partial charge in [0.15, 0.2) is 11.5 Å². The van der Waals surface area contributed by atoms with Crippen LogP contribution in [0.25, 0.3) is 0 Å². The van der Waals surface area contributed by atoms with Crippen molar-refractivity contribution in [2.24, 2.45) is 0 Å². The molecule has 2 rings (SSSR count). The largest absolute Gasteiger partial charge is 0.493 e. The predicted octanol–water partition coefficient (Wildman–Crippen LogP) is 2.83. The molecular weight excluding hydrogens is 286 g/mol. The van der Waals surface area contributed by atoms with E-state index in [4.69, 9.17) is 18.9 Å². The normalized spacial score (nSPS) is 14.4. The Morgan fingerprint density at radius 1 is 1.00 bits per heavy atom. The number of piperidine rings is 1. The van der Waals surface area contributed by atoms with Gasteiger partial charge in [-0.1, -0.05) is 0 Å². The molecular formula is C16H23NO5. The number of carbonyl (C=O) groups excluding carboxylic acids is 1. The molecule has 1 amide bonds. The van der Waals surface area contributed by atoms with Gasteiger partial charge in [-0.25, -0.2) is 4.79 Å². The molecule has 1 fully saturated rings. The minimum absolute atomic E-state index is 0.173. The number of rotatable bonds is 5. The first kappa shape index (κ1) is 16.3. The fourth-order valence-corrected chi connectivity index (χ4v) is 2.53. The summed E-state index contributed by atoms with van der Waals surface area (Å²) < 4.78 is 21.2. The van der Waals surface area contributed by atoms with Gasteiger partial charge in [-0.05, 0) is 37.0 Å². The Labute approximate surface area is 130 Å². The summed E-state index contributed by atoms with van der Waals surface area (Å²) in [6.07, 6.45) is 2.99. The van der Waals surface area contributed by atoms with Gasteiger partial charge in [0.1, 0.15) is 6.61 Å². The fourth-order valence-electron chi connectivity index (χ4n) is 2.53. The van der Waals surface area contributed by atoms with Crippen LogP contribution in [0.4, 0.5) is 4.79 Å². The van der Waals surface area contributed by atoms with Gasteiger partial charge in [0, 0.05) is 13.1 Å². The van der Waals surface area contributed by atoms with Gasteiger partial charge < -0.3 is 23.8 Å². The Hall–Kier alpha value is -2.11. The molecule has 0 saturated carbocycles. The molecule has 6 heteroatoms. The van der Waals surface area contributed by atoms with Gasteiger partial charge in [-0.15, -0.1) is 0 Å². The topological polar surface area (TPSA) is 57.2 Å². The van der Waals surface area contributed by atoms with Gasteiger partial charge in [-0.2, -0.15) is 0 Å². The van der Waals surface area contributed by atoms with Crippen molar-refractivity contribution in [2.75, 3.05) is 34.4 Å². The maximum Gasteiger partial charge on any atom is 0.410 e. The number of carbonyl (C=O) groups is 1. The van der Waals surface area contributed by atoms with Crippen LogP contribution in [0.2, 0.25) is 0 Å². The Balaban J connectivity index is 2.04. The van der Waals surface area contributed by atoms with Gasteiger partial charge in [0.05, 0.1) is 21.3 Å². The van der Waals surface area contributed by atoms with Crippen LogP contribution in [0, 0.1) is 0 Å². The Kier molecular flexibility index (Phi) is 5.75. The number of likely N-dealkylation sites (tertiary alicyclic amines) is 1. The monoisotopic (exact) mass is 309 g/mol. The van der Waals surface area contributed by atoms with Crippen LogP contribution in [-0.2, 0) is 11.3 Å². The minimum Gasteiger partial charge on any atom is -0.493 e. The molecule has 0 aromatic heterocycles. The molecule has 0 unspecified atom stereocenters. The number of hydrogen-bond donors (Lipinski definition) is 0. The molecule has 1 heterocycles. The Morgan fingerprint density at radius 3 is 2.09 bits per heavy atom. The van der Waals surface area contributed by atoms with E-state index in [-0.39, 0.29) is 12.7 Å². The third kappa shape index (κ3) is 3.75. The van der Waals surface area contributed by atoms with E-state index in [1.807, 2.05) is 0 Å². The molecule has 6 nitrogen and oxygen atoms in total. The molecule has 1 aromatic carbocycles. The standard InChI is InChI=1S/C16H23NO5/c1-19-13-9-12(10-14(20-2)15(13)21-3)11-22-16(18)17-7-5-4-6-8-17/h9-10H,4-8,11H2,1-3H3. The zero-order valence-electron chi connectivity index (χ0n) is 13.4. The second-order valence-corrected chi connectivity index (χ2v) is 5.14. The number of nitrogens with zero attached hydrogens (tertiary/aromatic N) is 1. The Morgan fingerprint density at radius 2 is 1.59 bits per heavy atom. The summed E-state index contributed by atoms with van der Waals surface area (Å²) in [6.45, 7) is 1.72. The zero-order chi connectivity index (χ0) is 15.9. The van der Waals surface area contributed by atoms with E-state index >= 15 is 0 Å². The van der Waals surface area contributed by atoms with Crippen LogP contribution in [0.1, 0.15) is 24.8 Å². The quantitative estimate of drug-likeness (QED) is 0.837. The molecule has 0 radical (unpaired) electrons. The lowest BCUT2D eigenvalue weighted by Gasteiger charge is -2.25. The second kappa shape index (κ2) is 7.77. The van der Waals surface area contributed by atoms with Crippen LogP contribution < -0.4 is 14.2 Å². The first-order valence-corrected chi connectivity index (χ1v) is 7.40. The van der Waals surface area contributed by atoms with Crippen molar-refractivity contribution in [3.05, 3.63) is 17.7 Å². The van der Waals surface area contributed by atoms with Crippen molar-refractivity contribution < 1.29 is 23.7 Å². The smallest absolute Gasteiger partial charge is 0.410 e. The fraction of sp³-hybridized carbons (Fsp3) is 0.562. The van der Waals surface area contributed by atoms with Crippen molar-refractivity contribution in [1.29, 1.82) is 0 Å². The summed E-state index contributed by atoms with van der Waals surface area (Å²) in [4.78, 5) is 13.8. The van der Waals surface area contributed by atoms with Crippen molar-refractivity contribution in [1.82, 2.24) is 4.90 Å². The van der Waals surface area contributed by atoms with E-state index in [1.54, 1.807) is 38.4 Å². The van der Waals surface area contributed by atoms with Gasteiger partial charge in [0.25, 0.3) is 0 Å². The SMILES string of the molecule is COc1cc(COC(=O)N2CCCCC2)cc(OC)c1OC. The van der Waals surface area contributed by atoms with Crippen LogP contribution in [0.15, 0.2) is 12.1 Å². The summed E-state index contributed by atoms with van der Waals surface area (Å²) in [7, 11) is 4.66. The summed E-state index contributed by atoms with van der Waals surface area (Å²) >= 11 is 0. The lowest BCUT2D eigenvalue weighted by atomic mass is 10.1. The van der Waals surface area contributed by atoms with Gasteiger partial charge in [-0.3, -0.25) is 0 Å². The number of ether oxygens (including phenoxy) is 4. The van der Waals surface area contributed by atoms with Gasteiger partial charge >= 0.3 is 6.09 Å². The van der Waals surface area contributed by atoms with Crippen LogP contribution in [0.3, 0.4) is 0 Å². The average Bonchev–Trinajstić information content (AvgIpc) is 2.59. The zero-order valence-corrected chi connectivity index (χ0v) is 13.4. The molecule has 1 saturated heterocycles. The second-order valence-electron chi connectivity index (χ2n) is 5.14. The summed E-state index contributed by atoms with van der Waals surface area (Å²) in [5, 5.41) is 0. The van der Waals surface area contributed by atoms with E-state index in [0.717, 1.165) is 31.5 Å². The van der Waals surface area contributed by atoms with E-state index in [2.05, 4.69) is 0 Å². The van der Waals surface area contributed by atoms with Crippen molar-refractivity contribution in [3.8, 4) is 17.2 Å². The van der Waals surface area contributed by atoms with Crippen molar-refractivity contribution >= 4 is 6.09 Å². The molecule has 0 N–H and O–H groups in total. The predicted molar refractivity (Wildman–Crippen MR) is 81.7 cm³/mol. The van der Waals surface area contributed by atoms with Crippen molar-refractivity contribution in [3.63, 3.8) is 0 Å². The molecule has 0 atom stereocenters. The van der Waals surface area contributed by atoms with Crippen LogP contribution >= 0.6 is 0 Å². The van der Waals surface area contributed by atoms with Crippen LogP contribution in [-0.4, -0.2) is 45.4 Å². The van der Waals surface area contributed by atoms with E-state index in [1.165, 1.54) is 6.42 Å². The summed E-state index contributed by atoms with van der Waals surface area (Å²) in [5.41, 5.74) is 0.792. The summed E-state index contributed by atoms with van der Waals surface area (Å²) in [6, 6.07) is 3.57. The molecule has 1 aliphatic heterocycles. The highest BCUT2D eigenvalue weighted by molar-refractivity contribution is 5.67. The first-order chi connectivity index (χ1) is 10.7. The van der Waals surface area contributed by atoms with E-state index < -0.39 is 0 Å². The minimum atomic E-state index is -0.270. The molecule has 1 aromatic rings. The van der Waals surface area contributed by atoms with Crippen LogP contribution in [0.5, 0.6) is 17.2 Å². The molecule has 0 bridgehead atoms. The highest BCUT2D eigenvalue weighted by Gasteiger charge is 2.19. The molecule has 1 aliphatic rings. The Bertz CT molecular complexity index is 486. The number of hydrogen-bond acceptors (Lipinski definition) is 5. The van der Waals surface area contributed by atoms with E-state index in [9.17, 15) is 4.79 Å². The maximum atomic E-state index is 12.0. The van der Waals surface area contributed by atoms with E-state index in [0.29, 0.717) is 17.2 Å². The molecule has 0 spiro atoms.